The summed E-state index contributed by atoms with van der Waals surface area (Å²) < 4.78 is 1.45. The number of fused-ring (bicyclic) bond motifs is 1. The average molecular weight is 270 g/mol. The second-order valence-electron chi connectivity index (χ2n) is 3.97. The smallest absolute Gasteiger partial charge is 0.175 e. The zero-order chi connectivity index (χ0) is 13.4. The second-order valence-corrected chi connectivity index (χ2v) is 4.41. The van der Waals surface area contributed by atoms with Crippen LogP contribution in [0.1, 0.15) is 5.56 Å². The summed E-state index contributed by atoms with van der Waals surface area (Å²) in [4.78, 5) is 4.23. The number of hydrogen-bond donors (Lipinski definition) is 1. The van der Waals surface area contributed by atoms with Crippen molar-refractivity contribution in [2.45, 2.75) is 0 Å². The van der Waals surface area contributed by atoms with Crippen molar-refractivity contribution in [1.82, 2.24) is 14.6 Å². The molecule has 0 saturated heterocycles. The van der Waals surface area contributed by atoms with Crippen molar-refractivity contribution in [3.63, 3.8) is 0 Å². The van der Waals surface area contributed by atoms with Crippen molar-refractivity contribution in [2.75, 3.05) is 5.73 Å². The maximum absolute atomic E-state index is 8.94. The van der Waals surface area contributed by atoms with E-state index in [-0.39, 0.29) is 0 Å². The van der Waals surface area contributed by atoms with Gasteiger partial charge in [0, 0.05) is 16.8 Å². The molecule has 0 fully saturated rings. The van der Waals surface area contributed by atoms with Crippen LogP contribution in [-0.2, 0) is 0 Å². The molecule has 0 aliphatic heterocycles. The molecule has 0 amide bonds. The Bertz CT molecular complexity index is 816. The Kier molecular flexibility index (Phi) is 2.58. The highest BCUT2D eigenvalue weighted by Gasteiger charge is 2.12. The van der Waals surface area contributed by atoms with Crippen molar-refractivity contribution in [2.24, 2.45) is 0 Å². The van der Waals surface area contributed by atoms with Gasteiger partial charge in [0.05, 0.1) is 6.20 Å². The van der Waals surface area contributed by atoms with Crippen LogP contribution in [0.4, 0.5) is 5.82 Å². The molecule has 5 nitrogen and oxygen atoms in total. The van der Waals surface area contributed by atoms with Crippen LogP contribution in [0.25, 0.3) is 16.8 Å². The van der Waals surface area contributed by atoms with Gasteiger partial charge in [-0.1, -0.05) is 23.7 Å². The van der Waals surface area contributed by atoms with Crippen LogP contribution in [0, 0.1) is 11.3 Å². The van der Waals surface area contributed by atoms with E-state index in [0.29, 0.717) is 22.1 Å². The molecule has 0 saturated carbocycles. The lowest BCUT2D eigenvalue weighted by atomic mass is 10.1. The molecule has 0 bridgehead atoms. The quantitative estimate of drug-likeness (QED) is 0.736. The van der Waals surface area contributed by atoms with E-state index in [1.807, 2.05) is 18.2 Å². The summed E-state index contributed by atoms with van der Waals surface area (Å²) in [5.41, 5.74) is 8.50. The molecular weight excluding hydrogens is 262 g/mol. The van der Waals surface area contributed by atoms with Gasteiger partial charge in [-0.05, 0) is 17.7 Å². The third-order valence-corrected chi connectivity index (χ3v) is 3.06. The van der Waals surface area contributed by atoms with E-state index in [0.717, 1.165) is 11.1 Å². The normalized spacial score (nSPS) is 10.5. The van der Waals surface area contributed by atoms with Crippen molar-refractivity contribution >= 4 is 23.1 Å². The molecule has 0 aliphatic rings. The largest absolute Gasteiger partial charge is 0.383 e. The first-order chi connectivity index (χ1) is 9.20. The molecule has 3 aromatic rings. The number of nitrogens with zero attached hydrogens (tertiary/aromatic N) is 4. The van der Waals surface area contributed by atoms with E-state index in [2.05, 4.69) is 10.1 Å². The number of nitriles is 1. The Morgan fingerprint density at radius 1 is 1.32 bits per heavy atom. The van der Waals surface area contributed by atoms with Crippen LogP contribution in [0.15, 0.2) is 36.7 Å². The highest BCUT2D eigenvalue weighted by Crippen LogP contribution is 2.27. The standard InChI is InChI=1S/C13H8ClN5/c14-10-3-1-2-8(4-10)11-7-17-13-9(5-15)6-18-19(13)12(11)16/h1-4,6-7H,16H2. The molecule has 0 atom stereocenters. The lowest BCUT2D eigenvalue weighted by Gasteiger charge is -2.07. The number of halogens is 1. The molecule has 2 N–H and O–H groups in total. The van der Waals surface area contributed by atoms with Crippen LogP contribution in [0.2, 0.25) is 5.02 Å². The molecule has 0 aliphatic carbocycles. The summed E-state index contributed by atoms with van der Waals surface area (Å²) in [6.07, 6.45) is 3.07. The van der Waals surface area contributed by atoms with Gasteiger partial charge < -0.3 is 5.73 Å². The topological polar surface area (TPSA) is 80.0 Å². The van der Waals surface area contributed by atoms with Crippen LogP contribution in [0.5, 0.6) is 0 Å². The fourth-order valence-electron chi connectivity index (χ4n) is 1.91. The van der Waals surface area contributed by atoms with E-state index in [9.17, 15) is 0 Å². The summed E-state index contributed by atoms with van der Waals surface area (Å²) >= 11 is 5.97. The summed E-state index contributed by atoms with van der Waals surface area (Å²) in [5, 5.41) is 13.6. The van der Waals surface area contributed by atoms with Gasteiger partial charge in [0.1, 0.15) is 17.5 Å². The molecule has 0 spiro atoms. The zero-order valence-corrected chi connectivity index (χ0v) is 10.5. The maximum Gasteiger partial charge on any atom is 0.175 e. The molecule has 2 heterocycles. The molecule has 6 heteroatoms. The molecular formula is C13H8ClN5. The third kappa shape index (κ3) is 1.79. The number of nitrogen functional groups attached to an aromatic ring is 1. The minimum absolute atomic E-state index is 0.393. The first kappa shape index (κ1) is 11.5. The number of benzene rings is 1. The van der Waals surface area contributed by atoms with E-state index in [1.54, 1.807) is 18.3 Å². The fourth-order valence-corrected chi connectivity index (χ4v) is 2.10. The highest BCUT2D eigenvalue weighted by atomic mass is 35.5. The molecule has 1 aromatic carbocycles. The second kappa shape index (κ2) is 4.26. The van der Waals surface area contributed by atoms with Crippen LogP contribution >= 0.6 is 11.6 Å². The first-order valence-corrected chi connectivity index (χ1v) is 5.87. The maximum atomic E-state index is 8.94. The minimum Gasteiger partial charge on any atom is -0.383 e. The van der Waals surface area contributed by atoms with Gasteiger partial charge in [-0.25, -0.2) is 4.98 Å². The van der Waals surface area contributed by atoms with Gasteiger partial charge in [0.25, 0.3) is 0 Å². The first-order valence-electron chi connectivity index (χ1n) is 5.49. The third-order valence-electron chi connectivity index (χ3n) is 2.82. The molecule has 0 unspecified atom stereocenters. The molecule has 19 heavy (non-hydrogen) atoms. The van der Waals surface area contributed by atoms with Gasteiger partial charge in [-0.3, -0.25) is 0 Å². The molecule has 0 radical (unpaired) electrons. The van der Waals surface area contributed by atoms with Crippen molar-refractivity contribution in [1.29, 1.82) is 5.26 Å². The Labute approximate surface area is 113 Å². The fraction of sp³-hybridized carbons (Fsp3) is 0. The van der Waals surface area contributed by atoms with E-state index < -0.39 is 0 Å². The SMILES string of the molecule is N#Cc1cnn2c(N)c(-c3cccc(Cl)c3)cnc12. The van der Waals surface area contributed by atoms with Gasteiger partial charge in [-0.2, -0.15) is 14.9 Å². The molecule has 3 rings (SSSR count). The van der Waals surface area contributed by atoms with Gasteiger partial charge in [-0.15, -0.1) is 0 Å². The lowest BCUT2D eigenvalue weighted by molar-refractivity contribution is 0.954. The zero-order valence-electron chi connectivity index (χ0n) is 9.71. The molecule has 2 aromatic heterocycles. The van der Waals surface area contributed by atoms with Crippen LogP contribution in [0.3, 0.4) is 0 Å². The summed E-state index contributed by atoms with van der Waals surface area (Å²) in [5.74, 6) is 0.425. The Morgan fingerprint density at radius 2 is 2.16 bits per heavy atom. The summed E-state index contributed by atoms with van der Waals surface area (Å²) in [6, 6.07) is 9.34. The van der Waals surface area contributed by atoms with Gasteiger partial charge >= 0.3 is 0 Å². The van der Waals surface area contributed by atoms with Crippen LogP contribution < -0.4 is 5.73 Å². The summed E-state index contributed by atoms with van der Waals surface area (Å²) in [7, 11) is 0. The highest BCUT2D eigenvalue weighted by molar-refractivity contribution is 6.30. The van der Waals surface area contributed by atoms with Crippen LogP contribution in [-0.4, -0.2) is 14.6 Å². The Morgan fingerprint density at radius 3 is 2.89 bits per heavy atom. The van der Waals surface area contributed by atoms with E-state index in [1.165, 1.54) is 10.7 Å². The van der Waals surface area contributed by atoms with Gasteiger partial charge in [0.2, 0.25) is 0 Å². The average Bonchev–Trinajstić information content (AvgIpc) is 2.83. The number of nitrogens with two attached hydrogens (primary N) is 1. The monoisotopic (exact) mass is 269 g/mol. The van der Waals surface area contributed by atoms with Gasteiger partial charge in [0.15, 0.2) is 5.65 Å². The number of hydrogen-bond acceptors (Lipinski definition) is 4. The van der Waals surface area contributed by atoms with Crippen molar-refractivity contribution in [3.8, 4) is 17.2 Å². The van der Waals surface area contributed by atoms with Crippen molar-refractivity contribution in [3.05, 3.63) is 47.2 Å². The number of aromatic nitrogens is 3. The Hall–Kier alpha value is -2.58. The number of rotatable bonds is 1. The predicted octanol–water partition coefficient (Wildman–Crippen LogP) is 2.50. The predicted molar refractivity (Wildman–Crippen MR) is 72.6 cm³/mol. The van der Waals surface area contributed by atoms with Crippen molar-refractivity contribution < 1.29 is 0 Å². The summed E-state index contributed by atoms with van der Waals surface area (Å²) in [6.45, 7) is 0. The van der Waals surface area contributed by atoms with E-state index >= 15 is 0 Å². The number of anilines is 1. The Balaban J connectivity index is 2.27. The molecule has 92 valence electrons. The minimum atomic E-state index is 0.393. The van der Waals surface area contributed by atoms with E-state index in [4.69, 9.17) is 22.6 Å². The lowest BCUT2D eigenvalue weighted by Crippen LogP contribution is -2.02.